The molecule has 0 spiro atoms. The highest BCUT2D eigenvalue weighted by atomic mass is 16.6. The molecule has 2 saturated heterocycles. The minimum Gasteiger partial charge on any atom is -0.507 e. The number of carbonyl (C=O) groups is 2. The lowest BCUT2D eigenvalue weighted by molar-refractivity contribution is -0.140. The Morgan fingerprint density at radius 2 is 1.62 bits per heavy atom. The number of rotatable bonds is 9. The minimum absolute atomic E-state index is 0.0188. The lowest BCUT2D eigenvalue weighted by Gasteiger charge is -2.31. The van der Waals surface area contributed by atoms with Gasteiger partial charge in [0.25, 0.3) is 11.7 Å². The molecule has 1 amide bonds. The van der Waals surface area contributed by atoms with E-state index in [9.17, 15) is 14.7 Å². The summed E-state index contributed by atoms with van der Waals surface area (Å²) in [6.07, 6.45) is 0. The molecule has 1 atom stereocenters. The van der Waals surface area contributed by atoms with Crippen molar-refractivity contribution in [2.24, 2.45) is 0 Å². The van der Waals surface area contributed by atoms with Crippen LogP contribution in [0.3, 0.4) is 0 Å². The first-order valence-corrected chi connectivity index (χ1v) is 13.4. The van der Waals surface area contributed by atoms with Crippen molar-refractivity contribution in [1.29, 1.82) is 0 Å². The smallest absolute Gasteiger partial charge is 0.295 e. The third-order valence-electron chi connectivity index (χ3n) is 7.00. The first-order valence-electron chi connectivity index (χ1n) is 13.4. The number of ether oxygens (including phenoxy) is 5. The van der Waals surface area contributed by atoms with Gasteiger partial charge in [0.05, 0.1) is 38.0 Å². The van der Waals surface area contributed by atoms with Crippen molar-refractivity contribution >= 4 is 17.4 Å². The number of carbonyl (C=O) groups excluding carboxylic acids is 2. The monoisotopic (exact) mass is 538 g/mol. The molecule has 10 nitrogen and oxygen atoms in total. The van der Waals surface area contributed by atoms with Crippen LogP contribution in [0.2, 0.25) is 0 Å². The number of fused-ring (bicyclic) bond motifs is 1. The van der Waals surface area contributed by atoms with Gasteiger partial charge in [0, 0.05) is 31.7 Å². The van der Waals surface area contributed by atoms with Crippen LogP contribution >= 0.6 is 0 Å². The summed E-state index contributed by atoms with van der Waals surface area (Å²) < 4.78 is 28.3. The maximum atomic E-state index is 13.5. The van der Waals surface area contributed by atoms with Gasteiger partial charge in [-0.3, -0.25) is 14.5 Å². The molecule has 0 aromatic heterocycles. The van der Waals surface area contributed by atoms with E-state index < -0.39 is 17.7 Å². The zero-order chi connectivity index (χ0) is 27.4. The third-order valence-corrected chi connectivity index (χ3v) is 7.00. The second kappa shape index (κ2) is 12.0. The average Bonchev–Trinajstić information content (AvgIpc) is 3.22. The SMILES string of the molecule is CCOc1ccc([C@@H]2/C(=C(\O)c3ccc4c(c3)OCCO4)C(=O)C(=O)N2CCN2CCOCC2)cc1OCC. The number of ketones is 1. The van der Waals surface area contributed by atoms with E-state index in [4.69, 9.17) is 23.7 Å². The molecule has 39 heavy (non-hydrogen) atoms. The molecule has 3 aliphatic rings. The van der Waals surface area contributed by atoms with Crippen molar-refractivity contribution in [3.63, 3.8) is 0 Å². The fourth-order valence-electron chi connectivity index (χ4n) is 5.12. The van der Waals surface area contributed by atoms with Gasteiger partial charge in [-0.2, -0.15) is 0 Å². The van der Waals surface area contributed by atoms with Crippen LogP contribution in [0, 0.1) is 0 Å². The van der Waals surface area contributed by atoms with Gasteiger partial charge in [-0.05, 0) is 49.7 Å². The zero-order valence-electron chi connectivity index (χ0n) is 22.3. The highest BCUT2D eigenvalue weighted by molar-refractivity contribution is 6.46. The fraction of sp³-hybridized carbons (Fsp3) is 0.448. The second-order valence-electron chi connectivity index (χ2n) is 9.38. The van der Waals surface area contributed by atoms with Crippen molar-refractivity contribution < 1.29 is 38.4 Å². The van der Waals surface area contributed by atoms with Gasteiger partial charge in [0.15, 0.2) is 23.0 Å². The lowest BCUT2D eigenvalue weighted by atomic mass is 9.94. The number of aliphatic hydroxyl groups is 1. The molecular formula is C29H34N2O8. The predicted molar refractivity (Wildman–Crippen MR) is 142 cm³/mol. The van der Waals surface area contributed by atoms with E-state index in [0.29, 0.717) is 86.9 Å². The van der Waals surface area contributed by atoms with E-state index in [0.717, 1.165) is 13.1 Å². The van der Waals surface area contributed by atoms with E-state index in [1.165, 1.54) is 4.90 Å². The molecule has 3 aliphatic heterocycles. The van der Waals surface area contributed by atoms with Gasteiger partial charge in [0.2, 0.25) is 0 Å². The summed E-state index contributed by atoms with van der Waals surface area (Å²) in [7, 11) is 0. The Labute approximate surface area is 227 Å². The van der Waals surface area contributed by atoms with Crippen molar-refractivity contribution in [3.8, 4) is 23.0 Å². The standard InChI is InChI=1S/C29H34N2O8/c1-3-36-21-7-5-19(17-23(21)37-4-2)26-25(27(32)20-6-8-22-24(18-20)39-16-15-38-22)28(33)29(34)31(26)10-9-30-11-13-35-14-12-30/h5-8,17-18,26,32H,3-4,9-16H2,1-2H3/b27-25+/t26-/m1/s1. The summed E-state index contributed by atoms with van der Waals surface area (Å²) in [6.45, 7) is 9.10. The van der Waals surface area contributed by atoms with Crippen molar-refractivity contribution in [2.75, 3.05) is 65.8 Å². The Hall–Kier alpha value is -3.76. The van der Waals surface area contributed by atoms with Crippen molar-refractivity contribution in [1.82, 2.24) is 9.80 Å². The van der Waals surface area contributed by atoms with Crippen LogP contribution in [0.1, 0.15) is 31.0 Å². The molecule has 3 heterocycles. The van der Waals surface area contributed by atoms with Gasteiger partial charge in [0.1, 0.15) is 19.0 Å². The molecular weight excluding hydrogens is 504 g/mol. The van der Waals surface area contributed by atoms with Crippen LogP contribution in [0.25, 0.3) is 5.76 Å². The van der Waals surface area contributed by atoms with Gasteiger partial charge >= 0.3 is 0 Å². The quantitative estimate of drug-likeness (QED) is 0.293. The largest absolute Gasteiger partial charge is 0.507 e. The summed E-state index contributed by atoms with van der Waals surface area (Å²) in [4.78, 5) is 30.6. The molecule has 1 N–H and O–H groups in total. The Kier molecular flexibility index (Phi) is 8.23. The number of hydrogen-bond donors (Lipinski definition) is 1. The second-order valence-corrected chi connectivity index (χ2v) is 9.38. The van der Waals surface area contributed by atoms with E-state index in [1.54, 1.807) is 30.3 Å². The number of nitrogens with zero attached hydrogens (tertiary/aromatic N) is 2. The topological polar surface area (TPSA) is 107 Å². The summed E-state index contributed by atoms with van der Waals surface area (Å²) in [5.74, 6) is 0.461. The number of aliphatic hydroxyl groups excluding tert-OH is 1. The van der Waals surface area contributed by atoms with Crippen LogP contribution in [-0.4, -0.2) is 92.4 Å². The van der Waals surface area contributed by atoms with Crippen LogP contribution in [-0.2, 0) is 14.3 Å². The van der Waals surface area contributed by atoms with Gasteiger partial charge < -0.3 is 33.7 Å². The molecule has 0 aliphatic carbocycles. The van der Waals surface area contributed by atoms with E-state index in [-0.39, 0.29) is 11.3 Å². The summed E-state index contributed by atoms with van der Waals surface area (Å²) in [5.41, 5.74) is 1.03. The first-order chi connectivity index (χ1) is 19.0. The number of Topliss-reactive ketones (excluding diaryl/α,β-unsaturated/α-hetero) is 1. The first kappa shape index (κ1) is 26.8. The molecule has 2 aromatic rings. The minimum atomic E-state index is -0.811. The van der Waals surface area contributed by atoms with E-state index >= 15 is 0 Å². The fourth-order valence-corrected chi connectivity index (χ4v) is 5.12. The average molecular weight is 539 g/mol. The predicted octanol–water partition coefficient (Wildman–Crippen LogP) is 3.01. The normalized spacial score (nSPS) is 20.8. The molecule has 5 rings (SSSR count). The number of amides is 1. The lowest BCUT2D eigenvalue weighted by Crippen LogP contribution is -2.42. The van der Waals surface area contributed by atoms with Crippen LogP contribution in [0.15, 0.2) is 42.0 Å². The summed E-state index contributed by atoms with van der Waals surface area (Å²) in [6, 6.07) is 9.53. The van der Waals surface area contributed by atoms with E-state index in [1.807, 2.05) is 19.9 Å². The maximum Gasteiger partial charge on any atom is 0.295 e. The van der Waals surface area contributed by atoms with Crippen LogP contribution in [0.5, 0.6) is 23.0 Å². The Balaban J connectivity index is 1.57. The molecule has 2 fully saturated rings. The van der Waals surface area contributed by atoms with E-state index in [2.05, 4.69) is 4.90 Å². The molecule has 0 bridgehead atoms. The molecule has 208 valence electrons. The molecule has 10 heteroatoms. The highest BCUT2D eigenvalue weighted by Crippen LogP contribution is 2.43. The summed E-state index contributed by atoms with van der Waals surface area (Å²) >= 11 is 0. The highest BCUT2D eigenvalue weighted by Gasteiger charge is 2.46. The molecule has 0 radical (unpaired) electrons. The van der Waals surface area contributed by atoms with Gasteiger partial charge in [-0.1, -0.05) is 6.07 Å². The van der Waals surface area contributed by atoms with Gasteiger partial charge in [-0.25, -0.2) is 0 Å². The molecule has 0 unspecified atom stereocenters. The maximum absolute atomic E-state index is 13.5. The number of likely N-dealkylation sites (tertiary alicyclic amines) is 1. The number of hydrogen-bond acceptors (Lipinski definition) is 9. The Bertz CT molecular complexity index is 1250. The molecule has 0 saturated carbocycles. The Morgan fingerprint density at radius 3 is 2.36 bits per heavy atom. The van der Waals surface area contributed by atoms with Crippen LogP contribution in [0.4, 0.5) is 0 Å². The summed E-state index contributed by atoms with van der Waals surface area (Å²) in [5, 5.41) is 11.5. The van der Waals surface area contributed by atoms with Crippen molar-refractivity contribution in [3.05, 3.63) is 53.1 Å². The number of benzene rings is 2. The van der Waals surface area contributed by atoms with Crippen LogP contribution < -0.4 is 18.9 Å². The van der Waals surface area contributed by atoms with Crippen molar-refractivity contribution in [2.45, 2.75) is 19.9 Å². The Morgan fingerprint density at radius 1 is 0.897 bits per heavy atom. The number of morpholine rings is 1. The molecule has 2 aromatic carbocycles. The van der Waals surface area contributed by atoms with Gasteiger partial charge in [-0.15, -0.1) is 0 Å². The zero-order valence-corrected chi connectivity index (χ0v) is 22.3. The third kappa shape index (κ3) is 5.53.